The molecule has 0 aliphatic carbocycles. The Morgan fingerprint density at radius 1 is 1.29 bits per heavy atom. The Morgan fingerprint density at radius 2 is 2.06 bits per heavy atom. The molecule has 0 spiro atoms. The minimum Gasteiger partial charge on any atom is -0.480 e. The fourth-order valence-corrected chi connectivity index (χ4v) is 2.45. The summed E-state index contributed by atoms with van der Waals surface area (Å²) < 4.78 is 0. The van der Waals surface area contributed by atoms with Crippen molar-refractivity contribution in [2.45, 2.75) is 44.2 Å². The van der Waals surface area contributed by atoms with Crippen LogP contribution >= 0.6 is 0 Å². The zero-order chi connectivity index (χ0) is 12.4. The van der Waals surface area contributed by atoms with Gasteiger partial charge >= 0.3 is 5.97 Å². The van der Waals surface area contributed by atoms with E-state index in [9.17, 15) is 14.4 Å². The van der Waals surface area contributed by atoms with Crippen molar-refractivity contribution in [1.82, 2.24) is 10.2 Å². The number of amides is 2. The standard InChI is InChI=1S/C11H16N2O4/c14-9-5-4-7(12-9)10(15)13-6-2-1-3-8(13)11(16)17/h7-8H,1-6H2,(H,12,14)(H,16,17)/t7?,8-/m0/s1. The van der Waals surface area contributed by atoms with Gasteiger partial charge < -0.3 is 15.3 Å². The first-order valence-electron chi connectivity index (χ1n) is 5.92. The molecule has 1 unspecified atom stereocenters. The van der Waals surface area contributed by atoms with Crippen molar-refractivity contribution in [3.8, 4) is 0 Å². The lowest BCUT2D eigenvalue weighted by atomic mass is 10.0. The maximum atomic E-state index is 12.1. The van der Waals surface area contributed by atoms with Gasteiger partial charge in [0.05, 0.1) is 0 Å². The molecule has 17 heavy (non-hydrogen) atoms. The Balaban J connectivity index is 2.06. The highest BCUT2D eigenvalue weighted by atomic mass is 16.4. The molecule has 2 N–H and O–H groups in total. The van der Waals surface area contributed by atoms with Gasteiger partial charge in [-0.25, -0.2) is 4.79 Å². The number of carboxylic acids is 1. The first kappa shape index (κ1) is 11.9. The van der Waals surface area contributed by atoms with E-state index in [0.29, 0.717) is 25.8 Å². The van der Waals surface area contributed by atoms with Crippen LogP contribution in [0.1, 0.15) is 32.1 Å². The van der Waals surface area contributed by atoms with E-state index in [0.717, 1.165) is 12.8 Å². The average Bonchev–Trinajstić information content (AvgIpc) is 2.75. The van der Waals surface area contributed by atoms with Gasteiger partial charge in [0, 0.05) is 13.0 Å². The lowest BCUT2D eigenvalue weighted by molar-refractivity contribution is -0.152. The highest BCUT2D eigenvalue weighted by molar-refractivity contribution is 5.93. The van der Waals surface area contributed by atoms with Crippen LogP contribution in [0, 0.1) is 0 Å². The smallest absolute Gasteiger partial charge is 0.326 e. The molecule has 2 heterocycles. The minimum absolute atomic E-state index is 0.132. The zero-order valence-corrected chi connectivity index (χ0v) is 9.52. The Labute approximate surface area is 99.0 Å². The topological polar surface area (TPSA) is 86.7 Å². The summed E-state index contributed by atoms with van der Waals surface area (Å²) in [5, 5.41) is 11.7. The molecule has 0 aromatic carbocycles. The molecule has 94 valence electrons. The fraction of sp³-hybridized carbons (Fsp3) is 0.727. The summed E-state index contributed by atoms with van der Waals surface area (Å²) >= 11 is 0. The first-order chi connectivity index (χ1) is 8.09. The molecule has 0 aromatic rings. The van der Waals surface area contributed by atoms with Crippen LogP contribution in [0.3, 0.4) is 0 Å². The molecule has 2 saturated heterocycles. The van der Waals surface area contributed by atoms with Crippen LogP contribution in [-0.2, 0) is 14.4 Å². The van der Waals surface area contributed by atoms with Crippen LogP contribution in [0.4, 0.5) is 0 Å². The van der Waals surface area contributed by atoms with Crippen LogP contribution in [-0.4, -0.2) is 46.4 Å². The molecule has 2 aliphatic heterocycles. The summed E-state index contributed by atoms with van der Waals surface area (Å²) in [5.41, 5.74) is 0. The van der Waals surface area contributed by atoms with E-state index in [-0.39, 0.29) is 11.8 Å². The summed E-state index contributed by atoms with van der Waals surface area (Å²) in [7, 11) is 0. The number of carboxylic acid groups (broad SMARTS) is 1. The molecule has 0 aromatic heterocycles. The number of carbonyl (C=O) groups excluding carboxylic acids is 2. The van der Waals surface area contributed by atoms with Gasteiger partial charge in [-0.1, -0.05) is 0 Å². The van der Waals surface area contributed by atoms with Gasteiger partial charge in [-0.05, 0) is 25.7 Å². The Kier molecular flexibility index (Phi) is 3.31. The average molecular weight is 240 g/mol. The lowest BCUT2D eigenvalue weighted by Gasteiger charge is -2.34. The van der Waals surface area contributed by atoms with E-state index in [1.807, 2.05) is 0 Å². The number of hydrogen-bond donors (Lipinski definition) is 2. The second-order valence-electron chi connectivity index (χ2n) is 4.54. The van der Waals surface area contributed by atoms with Gasteiger partial charge in [0.25, 0.3) is 0 Å². The molecule has 2 atom stereocenters. The molecule has 0 bridgehead atoms. The summed E-state index contributed by atoms with van der Waals surface area (Å²) in [6.45, 7) is 0.474. The second-order valence-corrected chi connectivity index (χ2v) is 4.54. The van der Waals surface area contributed by atoms with Gasteiger partial charge in [-0.15, -0.1) is 0 Å². The van der Waals surface area contributed by atoms with E-state index in [1.165, 1.54) is 4.90 Å². The number of nitrogens with one attached hydrogen (secondary N) is 1. The third-order valence-electron chi connectivity index (χ3n) is 3.36. The summed E-state index contributed by atoms with van der Waals surface area (Å²) in [4.78, 5) is 35.6. The Bertz CT molecular complexity index is 355. The molecule has 2 aliphatic rings. The number of piperidine rings is 1. The molecule has 0 saturated carbocycles. The highest BCUT2D eigenvalue weighted by Gasteiger charge is 2.37. The Hall–Kier alpha value is -1.59. The number of rotatable bonds is 2. The molecule has 2 amide bonds. The third kappa shape index (κ3) is 2.40. The monoisotopic (exact) mass is 240 g/mol. The van der Waals surface area contributed by atoms with Crippen LogP contribution in [0.15, 0.2) is 0 Å². The van der Waals surface area contributed by atoms with Crippen molar-refractivity contribution in [2.75, 3.05) is 6.54 Å². The maximum Gasteiger partial charge on any atom is 0.326 e. The second kappa shape index (κ2) is 4.73. The van der Waals surface area contributed by atoms with E-state index < -0.39 is 18.1 Å². The van der Waals surface area contributed by atoms with Crippen molar-refractivity contribution in [1.29, 1.82) is 0 Å². The van der Waals surface area contributed by atoms with Gasteiger partial charge in [-0.3, -0.25) is 9.59 Å². The van der Waals surface area contributed by atoms with E-state index in [2.05, 4.69) is 5.32 Å². The molecule has 2 rings (SSSR count). The summed E-state index contributed by atoms with van der Waals surface area (Å²) in [6, 6.07) is -1.25. The van der Waals surface area contributed by atoms with Crippen LogP contribution < -0.4 is 5.32 Å². The number of nitrogens with zero attached hydrogens (tertiary/aromatic N) is 1. The van der Waals surface area contributed by atoms with Crippen molar-refractivity contribution in [3.63, 3.8) is 0 Å². The van der Waals surface area contributed by atoms with Crippen molar-refractivity contribution < 1.29 is 19.5 Å². The van der Waals surface area contributed by atoms with E-state index in [4.69, 9.17) is 5.11 Å². The van der Waals surface area contributed by atoms with Gasteiger partial charge in [0.15, 0.2) is 0 Å². The molecule has 0 radical (unpaired) electrons. The summed E-state index contributed by atoms with van der Waals surface area (Å²) in [5.74, 6) is -1.34. The SMILES string of the molecule is O=C1CCC(C(=O)N2CCCC[C@H]2C(=O)O)N1. The Morgan fingerprint density at radius 3 is 2.65 bits per heavy atom. The van der Waals surface area contributed by atoms with Crippen LogP contribution in [0.25, 0.3) is 0 Å². The molecular weight excluding hydrogens is 224 g/mol. The first-order valence-corrected chi connectivity index (χ1v) is 5.92. The third-order valence-corrected chi connectivity index (χ3v) is 3.36. The number of aliphatic carboxylic acids is 1. The molecular formula is C11H16N2O4. The van der Waals surface area contributed by atoms with Crippen molar-refractivity contribution >= 4 is 17.8 Å². The predicted molar refractivity (Wildman–Crippen MR) is 58.2 cm³/mol. The van der Waals surface area contributed by atoms with Gasteiger partial charge in [0.1, 0.15) is 12.1 Å². The number of carbonyl (C=O) groups is 3. The van der Waals surface area contributed by atoms with Crippen molar-refractivity contribution in [3.05, 3.63) is 0 Å². The highest BCUT2D eigenvalue weighted by Crippen LogP contribution is 2.20. The minimum atomic E-state index is -0.956. The van der Waals surface area contributed by atoms with Gasteiger partial charge in [-0.2, -0.15) is 0 Å². The quantitative estimate of drug-likeness (QED) is 0.695. The van der Waals surface area contributed by atoms with E-state index in [1.54, 1.807) is 0 Å². The normalized spacial score (nSPS) is 28.9. The molecule has 2 fully saturated rings. The fourth-order valence-electron chi connectivity index (χ4n) is 2.45. The maximum absolute atomic E-state index is 12.1. The number of hydrogen-bond acceptors (Lipinski definition) is 3. The van der Waals surface area contributed by atoms with E-state index >= 15 is 0 Å². The van der Waals surface area contributed by atoms with Crippen molar-refractivity contribution in [2.24, 2.45) is 0 Å². The zero-order valence-electron chi connectivity index (χ0n) is 9.52. The lowest BCUT2D eigenvalue weighted by Crippen LogP contribution is -2.53. The predicted octanol–water partition coefficient (Wildman–Crippen LogP) is -0.269. The number of likely N-dealkylation sites (tertiary alicyclic amines) is 1. The van der Waals surface area contributed by atoms with Crippen LogP contribution in [0.5, 0.6) is 0 Å². The largest absolute Gasteiger partial charge is 0.480 e. The van der Waals surface area contributed by atoms with Gasteiger partial charge in [0.2, 0.25) is 11.8 Å². The summed E-state index contributed by atoms with van der Waals surface area (Å²) in [6.07, 6.45) is 2.98. The molecule has 6 nitrogen and oxygen atoms in total. The molecule has 6 heteroatoms. The van der Waals surface area contributed by atoms with Crippen LogP contribution in [0.2, 0.25) is 0 Å².